The van der Waals surface area contributed by atoms with Gasteiger partial charge in [-0.25, -0.2) is 0 Å². The van der Waals surface area contributed by atoms with Crippen LogP contribution in [0.25, 0.3) is 0 Å². The van der Waals surface area contributed by atoms with Crippen molar-refractivity contribution in [2.24, 2.45) is 23.7 Å². The molecule has 0 aliphatic carbocycles. The molecule has 4 unspecified atom stereocenters. The number of rotatable bonds is 12. The van der Waals surface area contributed by atoms with E-state index in [1.54, 1.807) is 0 Å². The molecule has 0 bridgehead atoms. The van der Waals surface area contributed by atoms with Gasteiger partial charge >= 0.3 is 23.9 Å². The Balaban J connectivity index is 3.15. The van der Waals surface area contributed by atoms with E-state index in [9.17, 15) is 42.4 Å². The van der Waals surface area contributed by atoms with E-state index in [1.807, 2.05) is 0 Å². The fourth-order valence-electron chi connectivity index (χ4n) is 3.09. The van der Waals surface area contributed by atoms with Gasteiger partial charge in [0.15, 0.2) is 0 Å². The first-order valence-electron chi connectivity index (χ1n) is 9.06. The van der Waals surface area contributed by atoms with Crippen molar-refractivity contribution in [3.63, 3.8) is 0 Å². The van der Waals surface area contributed by atoms with Crippen molar-refractivity contribution in [2.45, 2.75) is 38.2 Å². The van der Waals surface area contributed by atoms with Crippen molar-refractivity contribution < 1.29 is 52.2 Å². The molecule has 0 aliphatic rings. The molecule has 0 fully saturated rings. The summed E-state index contributed by atoms with van der Waals surface area (Å²) in [6, 6.07) is 1.17. The number of hydrogen-bond acceptors (Lipinski definition) is 8. The van der Waals surface area contributed by atoms with E-state index >= 15 is 0 Å². The van der Waals surface area contributed by atoms with Crippen LogP contribution in [0.15, 0.2) is 23.4 Å². The van der Waals surface area contributed by atoms with Crippen LogP contribution in [-0.4, -0.2) is 57.2 Å². The number of aliphatic carboxylic acids is 3. The van der Waals surface area contributed by atoms with Crippen molar-refractivity contribution in [1.82, 2.24) is 4.98 Å². The number of aromatic nitrogens is 1. The summed E-state index contributed by atoms with van der Waals surface area (Å²) in [7, 11) is -4.66. The molecule has 12 nitrogen and oxygen atoms in total. The average Bonchev–Trinajstić information content (AvgIpc) is 2.67. The van der Waals surface area contributed by atoms with E-state index in [-0.39, 0.29) is 12.0 Å². The summed E-state index contributed by atoms with van der Waals surface area (Å²) in [6.07, 6.45) is 1.36. The third-order valence-electron chi connectivity index (χ3n) is 4.76. The highest BCUT2D eigenvalue weighted by molar-refractivity contribution is 7.85. The number of carbonyl (C=O) groups is 4. The zero-order chi connectivity index (χ0) is 23.9. The van der Waals surface area contributed by atoms with E-state index in [0.29, 0.717) is 0 Å². The molecule has 172 valence electrons. The minimum Gasteiger partial charge on any atom is -0.481 e. The second-order valence-electron chi connectivity index (χ2n) is 6.86. The number of esters is 1. The molecule has 0 amide bonds. The predicted octanol–water partition coefficient (Wildman–Crippen LogP) is 0.910. The number of ether oxygens (including phenoxy) is 1. The highest BCUT2D eigenvalue weighted by Gasteiger charge is 2.44. The summed E-state index contributed by atoms with van der Waals surface area (Å²) in [5, 5.41) is 28.1. The van der Waals surface area contributed by atoms with Gasteiger partial charge in [0, 0.05) is 18.0 Å². The summed E-state index contributed by atoms with van der Waals surface area (Å²) in [6.45, 7) is 2.00. The molecule has 4 N–H and O–H groups in total. The Morgan fingerprint density at radius 3 is 2.13 bits per heavy atom. The normalized spacial score (nSPS) is 15.3. The topological polar surface area (TPSA) is 205 Å². The van der Waals surface area contributed by atoms with E-state index in [2.05, 4.69) is 4.98 Å². The summed E-state index contributed by atoms with van der Waals surface area (Å²) in [4.78, 5) is 50.1. The number of pyridine rings is 1. The summed E-state index contributed by atoms with van der Waals surface area (Å²) < 4.78 is 37.0. The Hall–Kier alpha value is -3.06. The van der Waals surface area contributed by atoms with Crippen LogP contribution in [0.3, 0.4) is 0 Å². The van der Waals surface area contributed by atoms with Gasteiger partial charge in [-0.05, 0) is 18.9 Å². The molecule has 1 heterocycles. The third-order valence-corrected chi connectivity index (χ3v) is 5.68. The lowest BCUT2D eigenvalue weighted by Gasteiger charge is -2.27. The van der Waals surface area contributed by atoms with Crippen molar-refractivity contribution >= 4 is 34.0 Å². The predicted molar refractivity (Wildman–Crippen MR) is 101 cm³/mol. The molecule has 1 rings (SSSR count). The van der Waals surface area contributed by atoms with Crippen LogP contribution in [-0.2, 0) is 40.6 Å². The SMILES string of the molecule is CCC(C(=O)OCc1ccncc1S(=O)(=O)O)C(C(=O)O)C(CC(C)C(=O)O)C(=O)O. The molecule has 0 aromatic carbocycles. The van der Waals surface area contributed by atoms with Crippen LogP contribution in [0.4, 0.5) is 0 Å². The summed E-state index contributed by atoms with van der Waals surface area (Å²) in [5.74, 6) is -11.7. The maximum absolute atomic E-state index is 12.6. The van der Waals surface area contributed by atoms with Gasteiger partial charge in [0.2, 0.25) is 0 Å². The van der Waals surface area contributed by atoms with E-state index < -0.39 is 75.6 Å². The highest BCUT2D eigenvalue weighted by atomic mass is 32.2. The summed E-state index contributed by atoms with van der Waals surface area (Å²) in [5.41, 5.74) is -0.123. The monoisotopic (exact) mass is 461 g/mol. The quantitative estimate of drug-likeness (QED) is 0.253. The number of nitrogens with zero attached hydrogens (tertiary/aromatic N) is 1. The Labute approximate surface area is 177 Å². The highest BCUT2D eigenvalue weighted by Crippen LogP contribution is 2.31. The molecule has 1 aromatic rings. The Kier molecular flexibility index (Phi) is 9.06. The van der Waals surface area contributed by atoms with Crippen LogP contribution >= 0.6 is 0 Å². The van der Waals surface area contributed by atoms with Gasteiger partial charge < -0.3 is 20.1 Å². The van der Waals surface area contributed by atoms with Gasteiger partial charge in [0.1, 0.15) is 11.5 Å². The first kappa shape index (κ1) is 26.0. The Morgan fingerprint density at radius 1 is 1.06 bits per heavy atom. The molecule has 0 saturated carbocycles. The molecule has 31 heavy (non-hydrogen) atoms. The van der Waals surface area contributed by atoms with Gasteiger partial charge in [-0.1, -0.05) is 13.8 Å². The van der Waals surface area contributed by atoms with Crippen LogP contribution in [0.1, 0.15) is 32.3 Å². The molecule has 0 spiro atoms. The fraction of sp³-hybridized carbons (Fsp3) is 0.500. The van der Waals surface area contributed by atoms with Gasteiger partial charge in [-0.15, -0.1) is 0 Å². The molecular weight excluding hydrogens is 438 g/mol. The number of carbonyl (C=O) groups excluding carboxylic acids is 1. The first-order chi connectivity index (χ1) is 14.3. The van der Waals surface area contributed by atoms with Crippen molar-refractivity contribution in [3.05, 3.63) is 24.0 Å². The van der Waals surface area contributed by atoms with Crippen LogP contribution in [0.2, 0.25) is 0 Å². The second kappa shape index (κ2) is 10.8. The average molecular weight is 461 g/mol. The maximum Gasteiger partial charge on any atom is 0.310 e. The van der Waals surface area contributed by atoms with E-state index in [4.69, 9.17) is 9.84 Å². The maximum atomic E-state index is 12.6. The standard InChI is InChI=1S/C18H23NO11S/c1-3-11(14(17(24)25)12(16(22)23)6-9(2)15(20)21)18(26)30-8-10-4-5-19-7-13(10)31(27,28)29/h4-5,7,9,11-12,14H,3,6,8H2,1-2H3,(H,20,21)(H,22,23)(H,24,25)(H,27,28,29). The van der Waals surface area contributed by atoms with Gasteiger partial charge in [-0.3, -0.25) is 28.7 Å². The molecule has 0 aliphatic heterocycles. The molecule has 4 atom stereocenters. The number of carboxylic acid groups (broad SMARTS) is 3. The minimum atomic E-state index is -4.66. The molecule has 0 saturated heterocycles. The second-order valence-corrected chi connectivity index (χ2v) is 8.25. The molecular formula is C18H23NO11S. The lowest BCUT2D eigenvalue weighted by atomic mass is 9.76. The largest absolute Gasteiger partial charge is 0.481 e. The van der Waals surface area contributed by atoms with Crippen molar-refractivity contribution in [2.75, 3.05) is 0 Å². The van der Waals surface area contributed by atoms with Gasteiger partial charge in [0.25, 0.3) is 10.1 Å². The van der Waals surface area contributed by atoms with Gasteiger partial charge in [-0.2, -0.15) is 8.42 Å². The zero-order valence-corrected chi connectivity index (χ0v) is 17.5. The van der Waals surface area contributed by atoms with Gasteiger partial charge in [0.05, 0.1) is 23.7 Å². The number of carboxylic acids is 3. The van der Waals surface area contributed by atoms with Crippen LogP contribution in [0, 0.1) is 23.7 Å². The Morgan fingerprint density at radius 2 is 1.68 bits per heavy atom. The third kappa shape index (κ3) is 7.00. The lowest BCUT2D eigenvalue weighted by molar-refractivity contribution is -0.166. The molecule has 13 heteroatoms. The zero-order valence-electron chi connectivity index (χ0n) is 16.7. The lowest BCUT2D eigenvalue weighted by Crippen LogP contribution is -2.40. The summed E-state index contributed by atoms with van der Waals surface area (Å²) >= 11 is 0. The first-order valence-corrected chi connectivity index (χ1v) is 10.5. The van der Waals surface area contributed by atoms with Crippen LogP contribution in [0.5, 0.6) is 0 Å². The van der Waals surface area contributed by atoms with Crippen LogP contribution < -0.4 is 0 Å². The number of hydrogen-bond donors (Lipinski definition) is 4. The van der Waals surface area contributed by atoms with Crippen molar-refractivity contribution in [3.8, 4) is 0 Å². The minimum absolute atomic E-state index is 0.123. The fourth-order valence-corrected chi connectivity index (χ4v) is 3.74. The van der Waals surface area contributed by atoms with E-state index in [1.165, 1.54) is 26.1 Å². The molecule has 1 aromatic heterocycles. The smallest absolute Gasteiger partial charge is 0.310 e. The van der Waals surface area contributed by atoms with E-state index in [0.717, 1.165) is 6.20 Å². The molecule has 0 radical (unpaired) electrons. The van der Waals surface area contributed by atoms with Crippen molar-refractivity contribution in [1.29, 1.82) is 0 Å². The Bertz CT molecular complexity index is 944.